The number of aromatic amines is 1. The molecule has 0 fully saturated rings. The van der Waals surface area contributed by atoms with Crippen molar-refractivity contribution >= 4 is 21.7 Å². The summed E-state index contributed by atoms with van der Waals surface area (Å²) >= 11 is 3.49. The lowest BCUT2D eigenvalue weighted by molar-refractivity contribution is 0.173. The number of aromatic nitrogens is 3. The molecule has 0 amide bonds. The van der Waals surface area contributed by atoms with Gasteiger partial charge >= 0.3 is 0 Å². The van der Waals surface area contributed by atoms with Crippen LogP contribution in [0.3, 0.4) is 0 Å². The second-order valence-corrected chi connectivity index (χ2v) is 6.89. The fourth-order valence-electron chi connectivity index (χ4n) is 2.78. The quantitative estimate of drug-likeness (QED) is 0.646. The van der Waals surface area contributed by atoms with Gasteiger partial charge in [-0.05, 0) is 52.2 Å². The van der Waals surface area contributed by atoms with Gasteiger partial charge in [-0.1, -0.05) is 6.92 Å². The number of rotatable bonds is 5. The monoisotopic (exact) mass is 428 g/mol. The van der Waals surface area contributed by atoms with Crippen LogP contribution in [0.15, 0.2) is 45.8 Å². The molecule has 1 aromatic carbocycles. The van der Waals surface area contributed by atoms with E-state index in [2.05, 4.69) is 36.2 Å². The molecule has 2 aromatic heterocycles. The van der Waals surface area contributed by atoms with E-state index in [0.717, 1.165) is 38.6 Å². The number of benzene rings is 1. The van der Waals surface area contributed by atoms with Crippen molar-refractivity contribution in [3.8, 4) is 22.9 Å². The van der Waals surface area contributed by atoms with Crippen LogP contribution in [0.2, 0.25) is 0 Å². The molecule has 8 heteroatoms. The van der Waals surface area contributed by atoms with Crippen LogP contribution in [0.25, 0.3) is 11.4 Å². The largest absolute Gasteiger partial charge is 0.454 e. The summed E-state index contributed by atoms with van der Waals surface area (Å²) in [5.41, 5.74) is 2.40. The third-order valence-corrected chi connectivity index (χ3v) is 4.74. The van der Waals surface area contributed by atoms with Crippen LogP contribution in [-0.4, -0.2) is 21.7 Å². The Morgan fingerprint density at radius 1 is 1.26 bits per heavy atom. The van der Waals surface area contributed by atoms with Crippen molar-refractivity contribution in [1.82, 2.24) is 15.0 Å². The van der Waals surface area contributed by atoms with Gasteiger partial charge in [-0.3, -0.25) is 4.79 Å². The second-order valence-electron chi connectivity index (χ2n) is 6.04. The first kappa shape index (κ1) is 17.5. The van der Waals surface area contributed by atoms with E-state index < -0.39 is 0 Å². The molecule has 27 heavy (non-hydrogen) atoms. The molecule has 7 nitrogen and oxygen atoms in total. The van der Waals surface area contributed by atoms with Crippen LogP contribution in [0.1, 0.15) is 18.2 Å². The van der Waals surface area contributed by atoms with Crippen molar-refractivity contribution in [2.75, 3.05) is 12.1 Å². The standard InChI is InChI=1S/C19H17BrN4O3/c1-2-13-7-17(25)24-19(23-13)12-3-4-16(22-9-12)21-8-11-5-14(20)18-15(6-11)26-10-27-18/h3-7,9H,2,8,10H2,1H3,(H,21,22)(H,23,24,25). The smallest absolute Gasteiger partial charge is 0.251 e. The number of aryl methyl sites for hydroxylation is 1. The number of pyridine rings is 1. The van der Waals surface area contributed by atoms with Crippen molar-refractivity contribution < 1.29 is 9.47 Å². The van der Waals surface area contributed by atoms with Crippen LogP contribution in [0.5, 0.6) is 11.5 Å². The number of fused-ring (bicyclic) bond motifs is 1. The maximum absolute atomic E-state index is 11.7. The Labute approximate surface area is 163 Å². The normalized spacial score (nSPS) is 12.2. The second kappa shape index (κ2) is 7.40. The van der Waals surface area contributed by atoms with E-state index in [1.54, 1.807) is 6.20 Å². The first-order chi connectivity index (χ1) is 13.1. The van der Waals surface area contributed by atoms with Gasteiger partial charge in [-0.15, -0.1) is 0 Å². The van der Waals surface area contributed by atoms with Crippen molar-refractivity contribution in [2.45, 2.75) is 19.9 Å². The number of halogens is 1. The van der Waals surface area contributed by atoms with E-state index in [1.165, 1.54) is 6.07 Å². The number of hydrogen-bond acceptors (Lipinski definition) is 6. The topological polar surface area (TPSA) is 89.1 Å². The Kier molecular flexibility index (Phi) is 4.81. The Balaban J connectivity index is 1.48. The van der Waals surface area contributed by atoms with Gasteiger partial charge in [0.1, 0.15) is 11.6 Å². The van der Waals surface area contributed by atoms with Crippen LogP contribution in [0, 0.1) is 0 Å². The number of hydrogen-bond donors (Lipinski definition) is 2. The van der Waals surface area contributed by atoms with Gasteiger partial charge in [-0.25, -0.2) is 9.97 Å². The highest BCUT2D eigenvalue weighted by atomic mass is 79.9. The molecule has 0 saturated heterocycles. The molecular weight excluding hydrogens is 412 g/mol. The fourth-order valence-corrected chi connectivity index (χ4v) is 3.38. The van der Waals surface area contributed by atoms with Gasteiger partial charge in [0.25, 0.3) is 5.56 Å². The molecule has 0 aliphatic carbocycles. The zero-order valence-corrected chi connectivity index (χ0v) is 16.2. The van der Waals surface area contributed by atoms with Gasteiger partial charge in [-0.2, -0.15) is 0 Å². The molecule has 0 bridgehead atoms. The molecule has 1 aliphatic heterocycles. The van der Waals surface area contributed by atoms with Crippen LogP contribution in [-0.2, 0) is 13.0 Å². The van der Waals surface area contributed by atoms with E-state index in [9.17, 15) is 4.79 Å². The number of nitrogens with one attached hydrogen (secondary N) is 2. The number of anilines is 1. The van der Waals surface area contributed by atoms with E-state index in [0.29, 0.717) is 18.8 Å². The van der Waals surface area contributed by atoms with Crippen LogP contribution >= 0.6 is 15.9 Å². The molecule has 0 spiro atoms. The summed E-state index contributed by atoms with van der Waals surface area (Å²) in [7, 11) is 0. The lowest BCUT2D eigenvalue weighted by Gasteiger charge is -2.09. The van der Waals surface area contributed by atoms with Crippen molar-refractivity contribution in [2.24, 2.45) is 0 Å². The highest BCUT2D eigenvalue weighted by molar-refractivity contribution is 9.10. The van der Waals surface area contributed by atoms with E-state index in [1.807, 2.05) is 31.2 Å². The van der Waals surface area contributed by atoms with Crippen LogP contribution < -0.4 is 20.3 Å². The molecule has 0 atom stereocenters. The average molecular weight is 429 g/mol. The molecule has 2 N–H and O–H groups in total. The summed E-state index contributed by atoms with van der Waals surface area (Å²) in [6.45, 7) is 2.79. The molecule has 0 unspecified atom stereocenters. The Hall–Kier alpha value is -2.87. The van der Waals surface area contributed by atoms with Crippen molar-refractivity contribution in [3.63, 3.8) is 0 Å². The molecular formula is C19H17BrN4O3. The average Bonchev–Trinajstić information content (AvgIpc) is 3.15. The molecule has 138 valence electrons. The summed E-state index contributed by atoms with van der Waals surface area (Å²) in [6, 6.07) is 9.17. The first-order valence-electron chi connectivity index (χ1n) is 8.51. The summed E-state index contributed by atoms with van der Waals surface area (Å²) in [5.74, 6) is 2.71. The SMILES string of the molecule is CCc1cc(=O)[nH]c(-c2ccc(NCc3cc(Br)c4c(c3)OCO4)nc2)n1. The van der Waals surface area contributed by atoms with Crippen LogP contribution in [0.4, 0.5) is 5.82 Å². The highest BCUT2D eigenvalue weighted by Gasteiger charge is 2.17. The summed E-state index contributed by atoms with van der Waals surface area (Å²) in [4.78, 5) is 23.3. The first-order valence-corrected chi connectivity index (χ1v) is 9.30. The fraction of sp³-hybridized carbons (Fsp3) is 0.211. The highest BCUT2D eigenvalue weighted by Crippen LogP contribution is 2.40. The molecule has 0 radical (unpaired) electrons. The minimum atomic E-state index is -0.160. The summed E-state index contributed by atoms with van der Waals surface area (Å²) in [5, 5.41) is 3.27. The third-order valence-electron chi connectivity index (χ3n) is 4.15. The molecule has 1 aliphatic rings. The summed E-state index contributed by atoms with van der Waals surface area (Å²) < 4.78 is 11.7. The van der Waals surface area contributed by atoms with Crippen molar-refractivity contribution in [3.05, 3.63) is 62.6 Å². The Morgan fingerprint density at radius 3 is 2.93 bits per heavy atom. The minimum Gasteiger partial charge on any atom is -0.454 e. The molecule has 0 saturated carbocycles. The number of H-pyrrole nitrogens is 1. The zero-order valence-electron chi connectivity index (χ0n) is 14.6. The predicted molar refractivity (Wildman–Crippen MR) is 105 cm³/mol. The lowest BCUT2D eigenvalue weighted by atomic mass is 10.2. The maximum Gasteiger partial charge on any atom is 0.251 e. The van der Waals surface area contributed by atoms with E-state index >= 15 is 0 Å². The Bertz CT molecular complexity index is 1030. The number of ether oxygens (including phenoxy) is 2. The minimum absolute atomic E-state index is 0.160. The van der Waals surface area contributed by atoms with E-state index in [4.69, 9.17) is 9.47 Å². The van der Waals surface area contributed by atoms with E-state index in [-0.39, 0.29) is 12.4 Å². The lowest BCUT2D eigenvalue weighted by Crippen LogP contribution is -2.10. The summed E-state index contributed by atoms with van der Waals surface area (Å²) in [6.07, 6.45) is 2.39. The van der Waals surface area contributed by atoms with Gasteiger partial charge < -0.3 is 19.8 Å². The van der Waals surface area contributed by atoms with Gasteiger partial charge in [0.05, 0.1) is 4.47 Å². The number of nitrogens with zero attached hydrogens (tertiary/aromatic N) is 2. The van der Waals surface area contributed by atoms with Gasteiger partial charge in [0.15, 0.2) is 11.5 Å². The molecule has 3 aromatic rings. The van der Waals surface area contributed by atoms with Gasteiger partial charge in [0.2, 0.25) is 6.79 Å². The zero-order chi connectivity index (χ0) is 18.8. The Morgan fingerprint density at radius 2 is 2.15 bits per heavy atom. The predicted octanol–water partition coefficient (Wildman–Crippen LogP) is 3.50. The third kappa shape index (κ3) is 3.80. The van der Waals surface area contributed by atoms with Crippen molar-refractivity contribution in [1.29, 1.82) is 0 Å². The maximum atomic E-state index is 11.7. The van der Waals surface area contributed by atoms with Gasteiger partial charge in [0, 0.05) is 30.1 Å². The molecule has 4 rings (SSSR count). The molecule has 3 heterocycles.